The Bertz CT molecular complexity index is 1540. The van der Waals surface area contributed by atoms with Crippen LogP contribution in [0.15, 0.2) is 79.3 Å². The van der Waals surface area contributed by atoms with E-state index in [0.29, 0.717) is 23.1 Å². The van der Waals surface area contributed by atoms with Crippen molar-refractivity contribution in [1.29, 1.82) is 0 Å². The third kappa shape index (κ3) is 4.54. The van der Waals surface area contributed by atoms with E-state index in [9.17, 15) is 4.79 Å². The summed E-state index contributed by atoms with van der Waals surface area (Å²) >= 11 is 0. The van der Waals surface area contributed by atoms with Gasteiger partial charge in [-0.1, -0.05) is 12.1 Å². The minimum Gasteiger partial charge on any atom is -0.457 e. The second-order valence-corrected chi connectivity index (χ2v) is 8.10. The van der Waals surface area contributed by atoms with Crippen LogP contribution < -0.4 is 15.4 Å². The third-order valence-corrected chi connectivity index (χ3v) is 5.75. The van der Waals surface area contributed by atoms with Crippen LogP contribution in [0.1, 0.15) is 18.9 Å². The van der Waals surface area contributed by atoms with Crippen LogP contribution >= 0.6 is 0 Å². The summed E-state index contributed by atoms with van der Waals surface area (Å²) in [5.41, 5.74) is 6.32. The normalized spacial score (nSPS) is 10.8. The summed E-state index contributed by atoms with van der Waals surface area (Å²) in [7, 11) is 3.53. The lowest BCUT2D eigenvalue weighted by Crippen LogP contribution is -2.18. The van der Waals surface area contributed by atoms with Crippen LogP contribution in [-0.4, -0.2) is 32.5 Å². The molecule has 2 N–H and O–H groups in total. The first-order valence-corrected chi connectivity index (χ1v) is 11.1. The largest absolute Gasteiger partial charge is 0.457 e. The van der Waals surface area contributed by atoms with Crippen molar-refractivity contribution >= 4 is 28.6 Å². The molecule has 0 saturated heterocycles. The van der Waals surface area contributed by atoms with Gasteiger partial charge in [0.15, 0.2) is 0 Å². The van der Waals surface area contributed by atoms with Crippen LogP contribution in [0, 0.1) is 6.92 Å². The van der Waals surface area contributed by atoms with Gasteiger partial charge in [-0.05, 0) is 54.4 Å². The first kappa shape index (κ1) is 22.1. The van der Waals surface area contributed by atoms with Crippen molar-refractivity contribution in [2.24, 2.45) is 7.05 Å². The summed E-state index contributed by atoms with van der Waals surface area (Å²) in [4.78, 5) is 24.9. The highest BCUT2D eigenvalue weighted by atomic mass is 16.5. The van der Waals surface area contributed by atoms with E-state index < -0.39 is 0 Å². The Morgan fingerprint density at radius 2 is 1.89 bits per heavy atom. The molecule has 0 saturated carbocycles. The molecule has 0 atom stereocenters. The molecule has 3 aromatic heterocycles. The molecule has 8 heteroatoms. The first-order chi connectivity index (χ1) is 17.0. The summed E-state index contributed by atoms with van der Waals surface area (Å²) < 4.78 is 7.97. The average molecular weight is 469 g/mol. The number of hydrogen-bond donors (Lipinski definition) is 2. The summed E-state index contributed by atoms with van der Waals surface area (Å²) in [6.07, 6.45) is 5.18. The molecule has 2 aromatic carbocycles. The van der Waals surface area contributed by atoms with Crippen molar-refractivity contribution < 1.29 is 12.4 Å². The zero-order valence-electron chi connectivity index (χ0n) is 19.6. The molecule has 0 radical (unpaired) electrons. The molecule has 178 valence electrons. The molecule has 0 aliphatic carbocycles. The number of carbonyl (C=O) groups is 1. The van der Waals surface area contributed by atoms with E-state index in [2.05, 4.69) is 45.7 Å². The fourth-order valence-corrected chi connectivity index (χ4v) is 3.88. The minimum atomic E-state index is -0.269. The highest BCUT2D eigenvalue weighted by Gasteiger charge is 2.12. The molecule has 8 nitrogen and oxygen atoms in total. The zero-order valence-corrected chi connectivity index (χ0v) is 19.6. The van der Waals surface area contributed by atoms with Gasteiger partial charge in [-0.15, -0.1) is 0 Å². The highest BCUT2D eigenvalue weighted by molar-refractivity contribution is 5.92. The standard InChI is InChI=1S/C27H24N6O2.2H2/c1-17-6-7-19(13-22(17)18-5-4-11-29-16-18)31-27-32-23-14-20(8-9-25(23)33(27)3)35-21-10-12-30-24(15-21)26(34)28-2;;/h4-16H,1-3H3,(H,28,34)(H,31,32);2*1H. The Morgan fingerprint density at radius 3 is 2.69 bits per heavy atom. The number of fused-ring (bicyclic) bond motifs is 1. The number of benzene rings is 2. The van der Waals surface area contributed by atoms with E-state index in [1.54, 1.807) is 31.6 Å². The highest BCUT2D eigenvalue weighted by Crippen LogP contribution is 2.30. The number of carbonyl (C=O) groups excluding carboxylic acids is 1. The van der Waals surface area contributed by atoms with Crippen LogP contribution in [0.5, 0.6) is 11.5 Å². The Labute approximate surface area is 205 Å². The second kappa shape index (κ2) is 9.26. The number of nitrogens with one attached hydrogen (secondary N) is 2. The van der Waals surface area contributed by atoms with Crippen LogP contribution in [0.3, 0.4) is 0 Å². The molecule has 3 heterocycles. The summed E-state index contributed by atoms with van der Waals surface area (Å²) in [6.45, 7) is 2.09. The van der Waals surface area contributed by atoms with Gasteiger partial charge in [0.2, 0.25) is 5.95 Å². The first-order valence-electron chi connectivity index (χ1n) is 11.1. The second-order valence-electron chi connectivity index (χ2n) is 8.10. The molecule has 35 heavy (non-hydrogen) atoms. The van der Waals surface area contributed by atoms with Gasteiger partial charge in [-0.25, -0.2) is 4.98 Å². The summed E-state index contributed by atoms with van der Waals surface area (Å²) in [5, 5.41) is 5.99. The Hall–Kier alpha value is -4.72. The van der Waals surface area contributed by atoms with E-state index in [0.717, 1.165) is 27.8 Å². The Kier molecular flexibility index (Phi) is 5.85. The van der Waals surface area contributed by atoms with Crippen molar-refractivity contribution in [2.75, 3.05) is 12.4 Å². The van der Waals surface area contributed by atoms with E-state index in [1.165, 1.54) is 5.56 Å². The van der Waals surface area contributed by atoms with Crippen LogP contribution in [0.2, 0.25) is 0 Å². The van der Waals surface area contributed by atoms with Gasteiger partial charge in [0, 0.05) is 58.9 Å². The zero-order chi connectivity index (χ0) is 24.4. The smallest absolute Gasteiger partial charge is 0.269 e. The van der Waals surface area contributed by atoms with Crippen molar-refractivity contribution in [3.05, 3.63) is 90.5 Å². The maximum Gasteiger partial charge on any atom is 0.269 e. The molecular formula is C27H28N6O2. The maximum absolute atomic E-state index is 11.9. The molecule has 0 fully saturated rings. The van der Waals surface area contributed by atoms with Crippen LogP contribution in [-0.2, 0) is 7.05 Å². The Morgan fingerprint density at radius 1 is 1.03 bits per heavy atom. The minimum absolute atomic E-state index is 0. The molecule has 0 aliphatic rings. The van der Waals surface area contributed by atoms with Crippen molar-refractivity contribution in [3.63, 3.8) is 0 Å². The SMILES string of the molecule is CNC(=O)c1cc(Oc2ccc3c(c2)nc(Nc2ccc(C)c(-c4cccnc4)c2)n3C)ccn1.[HH].[HH]. The van der Waals surface area contributed by atoms with E-state index >= 15 is 0 Å². The maximum atomic E-state index is 11.9. The molecule has 0 bridgehead atoms. The number of nitrogens with zero attached hydrogens (tertiary/aromatic N) is 4. The predicted molar refractivity (Wildman–Crippen MR) is 140 cm³/mol. The molecule has 5 aromatic rings. The average Bonchev–Trinajstić information content (AvgIpc) is 3.19. The van der Waals surface area contributed by atoms with Crippen molar-refractivity contribution in [3.8, 4) is 22.6 Å². The van der Waals surface area contributed by atoms with E-state index in [1.807, 2.05) is 48.1 Å². The van der Waals surface area contributed by atoms with Gasteiger partial charge < -0.3 is 19.9 Å². The van der Waals surface area contributed by atoms with Crippen molar-refractivity contribution in [2.45, 2.75) is 6.92 Å². The molecular weight excluding hydrogens is 440 g/mol. The van der Waals surface area contributed by atoms with Crippen LogP contribution in [0.4, 0.5) is 11.6 Å². The number of pyridine rings is 2. The lowest BCUT2D eigenvalue weighted by molar-refractivity contribution is 0.0958. The molecule has 0 spiro atoms. The fraction of sp³-hybridized carbons (Fsp3) is 0.111. The number of imidazole rings is 1. The number of anilines is 2. The van der Waals surface area contributed by atoms with Crippen molar-refractivity contribution in [1.82, 2.24) is 24.8 Å². The molecule has 1 amide bonds. The Balaban J connectivity index is 0.00000190. The van der Waals surface area contributed by atoms with Gasteiger partial charge in [-0.3, -0.25) is 14.8 Å². The number of aryl methyl sites for hydroxylation is 2. The van der Waals surface area contributed by atoms with Gasteiger partial charge in [0.1, 0.15) is 17.2 Å². The summed E-state index contributed by atoms with van der Waals surface area (Å²) in [5.74, 6) is 1.58. The summed E-state index contributed by atoms with van der Waals surface area (Å²) in [6, 6.07) is 19.2. The molecule has 0 unspecified atom stereocenters. The lowest BCUT2D eigenvalue weighted by Gasteiger charge is -2.11. The number of ether oxygens (including phenoxy) is 1. The number of hydrogen-bond acceptors (Lipinski definition) is 6. The number of aromatic nitrogens is 4. The monoisotopic (exact) mass is 468 g/mol. The fourth-order valence-electron chi connectivity index (χ4n) is 3.88. The number of rotatable bonds is 6. The van der Waals surface area contributed by atoms with Gasteiger partial charge in [0.25, 0.3) is 5.91 Å². The molecule has 5 rings (SSSR count). The van der Waals surface area contributed by atoms with E-state index in [-0.39, 0.29) is 8.76 Å². The predicted octanol–water partition coefficient (Wildman–Crippen LogP) is 5.73. The quantitative estimate of drug-likeness (QED) is 0.331. The van der Waals surface area contributed by atoms with Gasteiger partial charge >= 0.3 is 0 Å². The third-order valence-electron chi connectivity index (χ3n) is 5.75. The number of amides is 1. The van der Waals surface area contributed by atoms with Gasteiger partial charge in [0.05, 0.1) is 11.0 Å². The molecule has 0 aliphatic heterocycles. The van der Waals surface area contributed by atoms with Gasteiger partial charge in [-0.2, -0.15) is 0 Å². The lowest BCUT2D eigenvalue weighted by atomic mass is 10.0. The van der Waals surface area contributed by atoms with Crippen LogP contribution in [0.25, 0.3) is 22.2 Å². The van der Waals surface area contributed by atoms with E-state index in [4.69, 9.17) is 9.72 Å². The topological polar surface area (TPSA) is 94.0 Å².